The maximum Gasteiger partial charge on any atom is 0.326 e. The molecule has 5 unspecified atom stereocenters. The smallest absolute Gasteiger partial charge is 0.326 e. The average Bonchev–Trinajstić information content (AvgIpc) is 3.32. The van der Waals surface area contributed by atoms with E-state index in [4.69, 9.17) is 5.73 Å². The third-order valence-corrected chi connectivity index (χ3v) is 6.59. The van der Waals surface area contributed by atoms with E-state index in [1.54, 1.807) is 6.20 Å². The van der Waals surface area contributed by atoms with Gasteiger partial charge in [-0.2, -0.15) is 12.6 Å². The fraction of sp³-hybridized carbons (Fsp3) is 0.333. The predicted molar refractivity (Wildman–Crippen MR) is 149 cm³/mol. The Kier molecular flexibility index (Phi) is 10.5. The molecule has 208 valence electrons. The Morgan fingerprint density at radius 1 is 0.897 bits per heavy atom. The van der Waals surface area contributed by atoms with Crippen molar-refractivity contribution in [3.8, 4) is 0 Å². The van der Waals surface area contributed by atoms with Crippen LogP contribution in [0, 0.1) is 0 Å². The number of nitrogens with two attached hydrogens (primary N) is 1. The molecule has 12 heteroatoms. The Morgan fingerprint density at radius 3 is 2.18 bits per heavy atom. The molecule has 0 aliphatic rings. The first-order chi connectivity index (χ1) is 18.6. The molecule has 0 saturated carbocycles. The molecule has 0 fully saturated rings. The summed E-state index contributed by atoms with van der Waals surface area (Å²) in [5, 5.41) is 28.1. The number of aromatic amines is 1. The van der Waals surface area contributed by atoms with E-state index in [2.05, 4.69) is 33.6 Å². The molecule has 5 atom stereocenters. The number of aromatic nitrogens is 1. The number of hydrogen-bond acceptors (Lipinski definition) is 7. The van der Waals surface area contributed by atoms with Crippen LogP contribution in [0.5, 0.6) is 0 Å². The second-order valence-electron chi connectivity index (χ2n) is 9.23. The summed E-state index contributed by atoms with van der Waals surface area (Å²) in [6.07, 6.45) is 0.524. The first kappa shape index (κ1) is 29.7. The van der Waals surface area contributed by atoms with E-state index in [1.165, 1.54) is 6.92 Å². The molecule has 0 aliphatic carbocycles. The van der Waals surface area contributed by atoms with Crippen molar-refractivity contribution in [2.45, 2.75) is 50.0 Å². The quantitative estimate of drug-likeness (QED) is 0.138. The number of aliphatic hydroxyl groups is 1. The summed E-state index contributed by atoms with van der Waals surface area (Å²) in [7, 11) is 0. The van der Waals surface area contributed by atoms with E-state index in [-0.39, 0.29) is 18.6 Å². The number of carboxylic acid groups (broad SMARTS) is 1. The molecule has 0 radical (unpaired) electrons. The van der Waals surface area contributed by atoms with Crippen molar-refractivity contribution in [3.63, 3.8) is 0 Å². The van der Waals surface area contributed by atoms with E-state index < -0.39 is 54.0 Å². The normalized spacial score (nSPS) is 15.0. The third kappa shape index (κ3) is 8.06. The highest BCUT2D eigenvalue weighted by atomic mass is 32.1. The van der Waals surface area contributed by atoms with Crippen LogP contribution in [-0.2, 0) is 32.0 Å². The first-order valence-electron chi connectivity index (χ1n) is 12.4. The Balaban J connectivity index is 1.63. The summed E-state index contributed by atoms with van der Waals surface area (Å²) in [6.45, 7) is 1.28. The van der Waals surface area contributed by atoms with Crippen LogP contribution in [0.15, 0.2) is 60.8 Å². The molecule has 3 amide bonds. The van der Waals surface area contributed by atoms with Gasteiger partial charge >= 0.3 is 5.97 Å². The largest absolute Gasteiger partial charge is 0.480 e. The molecule has 0 aliphatic heterocycles. The minimum absolute atomic E-state index is 0.0276. The Hall–Kier alpha value is -3.87. The summed E-state index contributed by atoms with van der Waals surface area (Å²) < 4.78 is 0. The molecular formula is C27H33N5O6S. The van der Waals surface area contributed by atoms with Crippen molar-refractivity contribution in [3.05, 3.63) is 71.9 Å². The molecule has 0 bridgehead atoms. The summed E-state index contributed by atoms with van der Waals surface area (Å²) in [5.74, 6) is -3.65. The molecule has 0 saturated heterocycles. The van der Waals surface area contributed by atoms with Crippen molar-refractivity contribution in [2.75, 3.05) is 5.75 Å². The minimum Gasteiger partial charge on any atom is -0.480 e. The number of hydrogen-bond donors (Lipinski definition) is 8. The van der Waals surface area contributed by atoms with Gasteiger partial charge in [0.25, 0.3) is 0 Å². The lowest BCUT2D eigenvalue weighted by molar-refractivity contribution is -0.143. The number of fused-ring (bicyclic) bond motifs is 1. The minimum atomic E-state index is -1.49. The zero-order valence-corrected chi connectivity index (χ0v) is 22.2. The number of H-pyrrole nitrogens is 1. The highest BCUT2D eigenvalue weighted by Gasteiger charge is 2.32. The number of para-hydroxylation sites is 1. The summed E-state index contributed by atoms with van der Waals surface area (Å²) >= 11 is 4.12. The lowest BCUT2D eigenvalue weighted by Gasteiger charge is -2.26. The fourth-order valence-electron chi connectivity index (χ4n) is 4.07. The summed E-state index contributed by atoms with van der Waals surface area (Å²) in [6, 6.07) is 11.6. The second kappa shape index (κ2) is 13.8. The van der Waals surface area contributed by atoms with Gasteiger partial charge in [-0.05, 0) is 30.5 Å². The van der Waals surface area contributed by atoms with Crippen molar-refractivity contribution < 1.29 is 29.4 Å². The molecule has 3 rings (SSSR count). The number of benzene rings is 2. The number of aliphatic carboxylic acids is 1. The maximum atomic E-state index is 13.0. The molecular weight excluding hydrogens is 522 g/mol. The molecule has 1 heterocycles. The molecule has 3 aromatic rings. The van der Waals surface area contributed by atoms with Gasteiger partial charge in [0.15, 0.2) is 0 Å². The van der Waals surface area contributed by atoms with Gasteiger partial charge in [0.1, 0.15) is 18.1 Å². The van der Waals surface area contributed by atoms with Crippen LogP contribution < -0.4 is 21.7 Å². The van der Waals surface area contributed by atoms with Crippen molar-refractivity contribution >= 4 is 47.2 Å². The number of amides is 3. The first-order valence-corrected chi connectivity index (χ1v) is 13.0. The number of nitrogens with one attached hydrogen (secondary N) is 4. The van der Waals surface area contributed by atoms with Crippen LogP contribution in [0.3, 0.4) is 0 Å². The van der Waals surface area contributed by atoms with Gasteiger partial charge in [-0.3, -0.25) is 14.4 Å². The van der Waals surface area contributed by atoms with Crippen molar-refractivity contribution in [1.29, 1.82) is 0 Å². The van der Waals surface area contributed by atoms with Gasteiger partial charge in [0.2, 0.25) is 17.7 Å². The fourth-order valence-corrected chi connectivity index (χ4v) is 4.33. The molecule has 8 N–H and O–H groups in total. The van der Waals surface area contributed by atoms with Gasteiger partial charge in [0.05, 0.1) is 12.1 Å². The van der Waals surface area contributed by atoms with Gasteiger partial charge in [0, 0.05) is 29.3 Å². The third-order valence-electron chi connectivity index (χ3n) is 6.23. The number of aliphatic hydroxyl groups excluding tert-OH is 1. The zero-order valence-electron chi connectivity index (χ0n) is 21.3. The van der Waals surface area contributed by atoms with Crippen LogP contribution in [0.2, 0.25) is 0 Å². The molecule has 39 heavy (non-hydrogen) atoms. The topological polar surface area (TPSA) is 187 Å². The van der Waals surface area contributed by atoms with E-state index in [1.807, 2.05) is 54.6 Å². The predicted octanol–water partition coefficient (Wildman–Crippen LogP) is 0.130. The number of carbonyl (C=O) groups is 4. The molecule has 11 nitrogen and oxygen atoms in total. The monoisotopic (exact) mass is 555 g/mol. The number of carbonyl (C=O) groups excluding carboxylic acids is 3. The number of rotatable bonds is 13. The highest BCUT2D eigenvalue weighted by Crippen LogP contribution is 2.19. The van der Waals surface area contributed by atoms with Gasteiger partial charge < -0.3 is 36.9 Å². The zero-order chi connectivity index (χ0) is 28.5. The molecule has 2 aromatic carbocycles. The van der Waals surface area contributed by atoms with E-state index in [0.717, 1.165) is 16.5 Å². The van der Waals surface area contributed by atoms with Crippen LogP contribution in [0.1, 0.15) is 18.1 Å². The van der Waals surface area contributed by atoms with Crippen LogP contribution in [0.4, 0.5) is 0 Å². The van der Waals surface area contributed by atoms with Crippen LogP contribution in [0.25, 0.3) is 10.9 Å². The van der Waals surface area contributed by atoms with E-state index in [9.17, 15) is 29.4 Å². The number of thiol groups is 1. The maximum absolute atomic E-state index is 13.0. The van der Waals surface area contributed by atoms with Gasteiger partial charge in [-0.25, -0.2) is 4.79 Å². The van der Waals surface area contributed by atoms with Crippen LogP contribution >= 0.6 is 12.6 Å². The van der Waals surface area contributed by atoms with E-state index in [0.29, 0.717) is 5.56 Å². The summed E-state index contributed by atoms with van der Waals surface area (Å²) in [4.78, 5) is 53.5. The highest BCUT2D eigenvalue weighted by molar-refractivity contribution is 7.80. The Labute approximate surface area is 231 Å². The van der Waals surface area contributed by atoms with E-state index >= 15 is 0 Å². The summed E-state index contributed by atoms with van der Waals surface area (Å²) in [5.41, 5.74) is 8.34. The molecule has 0 spiro atoms. The molecule has 1 aromatic heterocycles. The second-order valence-corrected chi connectivity index (χ2v) is 9.60. The SMILES string of the molecule is CC(O)C(NC(=O)C(CS)NC(=O)C(N)Cc1ccccc1)C(=O)NC(Cc1c[nH]c2ccccc12)C(=O)O. The van der Waals surface area contributed by atoms with Crippen LogP contribution in [-0.4, -0.2) is 74.9 Å². The van der Waals surface area contributed by atoms with Gasteiger partial charge in [-0.1, -0.05) is 48.5 Å². The average molecular weight is 556 g/mol. The Bertz CT molecular complexity index is 1300. The lowest BCUT2D eigenvalue weighted by Crippen LogP contribution is -2.60. The number of carboxylic acids is 1. The van der Waals surface area contributed by atoms with Gasteiger partial charge in [-0.15, -0.1) is 0 Å². The van der Waals surface area contributed by atoms with Crippen molar-refractivity contribution in [2.24, 2.45) is 5.73 Å². The lowest BCUT2D eigenvalue weighted by atomic mass is 10.0. The Morgan fingerprint density at radius 2 is 1.54 bits per heavy atom. The van der Waals surface area contributed by atoms with Crippen molar-refractivity contribution in [1.82, 2.24) is 20.9 Å². The standard InChI is InChI=1S/C27H33N5O6S/c1-15(33)23(26(36)30-21(27(37)38)12-17-13-29-20-10-6-5-9-18(17)20)32-25(35)22(14-39)31-24(34)19(28)11-16-7-3-2-4-8-16/h2-10,13,15,19,21-23,29,33,39H,11-12,14,28H2,1H3,(H,30,36)(H,31,34)(H,32,35)(H,37,38).